The molecule has 2 bridgehead atoms. The van der Waals surface area contributed by atoms with Gasteiger partial charge in [-0.3, -0.25) is 0 Å². The molecule has 108 valence electrons. The van der Waals surface area contributed by atoms with Crippen LogP contribution in [0.25, 0.3) is 0 Å². The van der Waals surface area contributed by atoms with Crippen LogP contribution in [0.15, 0.2) is 6.07 Å². The highest BCUT2D eigenvalue weighted by atomic mass is 35.5. The Bertz CT molecular complexity index is 571. The van der Waals surface area contributed by atoms with E-state index < -0.39 is 17.8 Å². The van der Waals surface area contributed by atoms with Crippen molar-refractivity contribution in [2.75, 3.05) is 18.1 Å². The number of rotatable bonds is 2. The van der Waals surface area contributed by atoms with Gasteiger partial charge in [0.1, 0.15) is 16.8 Å². The predicted molar refractivity (Wildman–Crippen MR) is 69.4 cm³/mol. The third-order valence-electron chi connectivity index (χ3n) is 4.58. The van der Waals surface area contributed by atoms with Gasteiger partial charge in [-0.05, 0) is 6.42 Å². The van der Waals surface area contributed by atoms with Crippen molar-refractivity contribution in [3.8, 4) is 0 Å². The highest BCUT2D eigenvalue weighted by Crippen LogP contribution is 2.60. The minimum atomic E-state index is -2.71. The lowest BCUT2D eigenvalue weighted by atomic mass is 10.2. The number of halogens is 3. The van der Waals surface area contributed by atoms with Gasteiger partial charge in [-0.15, -0.1) is 0 Å². The third kappa shape index (κ3) is 1.74. The van der Waals surface area contributed by atoms with Crippen molar-refractivity contribution in [2.45, 2.75) is 37.3 Å². The molecule has 4 rings (SSSR count). The van der Waals surface area contributed by atoms with Gasteiger partial charge in [-0.25, -0.2) is 18.7 Å². The molecule has 0 aromatic carbocycles. The molecule has 1 aromatic heterocycles. The van der Waals surface area contributed by atoms with Gasteiger partial charge in [0, 0.05) is 18.5 Å². The van der Waals surface area contributed by atoms with E-state index in [0.29, 0.717) is 12.4 Å². The molecular formula is C13H14ClF2N3O. The van der Waals surface area contributed by atoms with Crippen molar-refractivity contribution >= 4 is 17.4 Å². The summed E-state index contributed by atoms with van der Waals surface area (Å²) in [4.78, 5) is 10.4. The van der Waals surface area contributed by atoms with Gasteiger partial charge in [-0.2, -0.15) is 0 Å². The van der Waals surface area contributed by atoms with Gasteiger partial charge in [0.15, 0.2) is 0 Å². The molecule has 0 amide bonds. The van der Waals surface area contributed by atoms with Gasteiger partial charge >= 0.3 is 0 Å². The van der Waals surface area contributed by atoms with E-state index in [1.165, 1.54) is 6.92 Å². The third-order valence-corrected chi connectivity index (χ3v) is 4.78. The number of ether oxygens (including phenoxy) is 1. The molecule has 7 heteroatoms. The van der Waals surface area contributed by atoms with Crippen molar-refractivity contribution in [2.24, 2.45) is 5.92 Å². The van der Waals surface area contributed by atoms with E-state index in [2.05, 4.69) is 14.9 Å². The SMILES string of the molecule is CC1C(c2nc(Cl)cc(N3C[C@@H]4C[C@H]3CO4)n2)C1(F)F. The number of fused-ring (bicyclic) bond motifs is 2. The van der Waals surface area contributed by atoms with Crippen LogP contribution in [0.5, 0.6) is 0 Å². The number of nitrogens with zero attached hydrogens (tertiary/aromatic N) is 3. The number of aromatic nitrogens is 2. The molecule has 2 aliphatic heterocycles. The maximum Gasteiger partial charge on any atom is 0.261 e. The highest BCUT2D eigenvalue weighted by Gasteiger charge is 2.67. The second-order valence-corrected chi connectivity index (χ2v) is 6.23. The van der Waals surface area contributed by atoms with Crippen molar-refractivity contribution < 1.29 is 13.5 Å². The molecule has 1 aliphatic carbocycles. The van der Waals surface area contributed by atoms with Gasteiger partial charge < -0.3 is 9.64 Å². The van der Waals surface area contributed by atoms with E-state index in [-0.39, 0.29) is 23.1 Å². The fraction of sp³-hybridized carbons (Fsp3) is 0.692. The Balaban J connectivity index is 1.67. The number of anilines is 1. The average Bonchev–Trinajstić information content (AvgIpc) is 2.83. The highest BCUT2D eigenvalue weighted by molar-refractivity contribution is 6.29. The molecule has 0 radical (unpaired) electrons. The van der Waals surface area contributed by atoms with Crippen LogP contribution in [0.2, 0.25) is 5.15 Å². The summed E-state index contributed by atoms with van der Waals surface area (Å²) in [6.45, 7) is 2.92. The van der Waals surface area contributed by atoms with Gasteiger partial charge in [0.25, 0.3) is 5.92 Å². The Hall–Kier alpha value is -1.01. The zero-order chi connectivity index (χ0) is 14.1. The van der Waals surface area contributed by atoms with Crippen LogP contribution in [-0.2, 0) is 4.74 Å². The van der Waals surface area contributed by atoms with Gasteiger partial charge in [0.05, 0.1) is 24.7 Å². The molecule has 0 spiro atoms. The maximum absolute atomic E-state index is 13.5. The normalized spacial score (nSPS) is 37.5. The standard InChI is InChI=1S/C13H14ClF2N3O/c1-6-11(13(6,15)16)12-17-9(14)3-10(18-12)19-4-8-2-7(19)5-20-8/h3,6-8,11H,2,4-5H2,1H3/t6?,7-,8-,11?/m0/s1. The Morgan fingerprint density at radius 2 is 2.20 bits per heavy atom. The minimum Gasteiger partial charge on any atom is -0.374 e. The second-order valence-electron chi connectivity index (χ2n) is 5.85. The van der Waals surface area contributed by atoms with Crippen LogP contribution < -0.4 is 4.90 Å². The second kappa shape index (κ2) is 4.01. The zero-order valence-corrected chi connectivity index (χ0v) is 11.6. The summed E-state index contributed by atoms with van der Waals surface area (Å²) >= 11 is 5.99. The van der Waals surface area contributed by atoms with Crippen LogP contribution in [0, 0.1) is 5.92 Å². The molecule has 3 fully saturated rings. The number of hydrogen-bond acceptors (Lipinski definition) is 4. The molecule has 20 heavy (non-hydrogen) atoms. The molecule has 3 aliphatic rings. The van der Waals surface area contributed by atoms with Crippen molar-refractivity contribution in [1.29, 1.82) is 0 Å². The summed E-state index contributed by atoms with van der Waals surface area (Å²) in [7, 11) is 0. The summed E-state index contributed by atoms with van der Waals surface area (Å²) in [5.41, 5.74) is 0. The average molecular weight is 302 g/mol. The predicted octanol–water partition coefficient (Wildman–Crippen LogP) is 2.48. The first kappa shape index (κ1) is 12.7. The molecular weight excluding hydrogens is 288 g/mol. The number of hydrogen-bond donors (Lipinski definition) is 0. The van der Waals surface area contributed by atoms with Crippen molar-refractivity contribution in [1.82, 2.24) is 9.97 Å². The van der Waals surface area contributed by atoms with E-state index in [4.69, 9.17) is 16.3 Å². The summed E-state index contributed by atoms with van der Waals surface area (Å²) < 4.78 is 32.6. The Kier molecular flexibility index (Phi) is 2.55. The first-order valence-corrected chi connectivity index (χ1v) is 7.15. The Labute approximate surface area is 120 Å². The topological polar surface area (TPSA) is 38.2 Å². The smallest absolute Gasteiger partial charge is 0.261 e. The van der Waals surface area contributed by atoms with E-state index in [1.807, 2.05) is 0 Å². The fourth-order valence-electron chi connectivity index (χ4n) is 3.26. The van der Waals surface area contributed by atoms with Crippen molar-refractivity contribution in [3.05, 3.63) is 17.0 Å². The van der Waals surface area contributed by atoms with Crippen LogP contribution in [0.1, 0.15) is 25.1 Å². The van der Waals surface area contributed by atoms with Crippen LogP contribution in [-0.4, -0.2) is 41.2 Å². The number of morpholine rings is 1. The summed E-state index contributed by atoms with van der Waals surface area (Å²) in [5.74, 6) is -3.53. The fourth-order valence-corrected chi connectivity index (χ4v) is 3.45. The molecule has 2 saturated heterocycles. The van der Waals surface area contributed by atoms with E-state index >= 15 is 0 Å². The van der Waals surface area contributed by atoms with E-state index in [1.54, 1.807) is 6.07 Å². The summed E-state index contributed by atoms with van der Waals surface area (Å²) in [6.07, 6.45) is 1.19. The lowest BCUT2D eigenvalue weighted by Gasteiger charge is -2.28. The van der Waals surface area contributed by atoms with Crippen LogP contribution in [0.4, 0.5) is 14.6 Å². The first-order valence-electron chi connectivity index (χ1n) is 6.77. The molecule has 4 atom stereocenters. The molecule has 1 saturated carbocycles. The summed E-state index contributed by atoms with van der Waals surface area (Å²) in [5, 5.41) is 0.226. The Morgan fingerprint density at radius 1 is 1.45 bits per heavy atom. The molecule has 0 N–H and O–H groups in total. The van der Waals surface area contributed by atoms with Crippen molar-refractivity contribution in [3.63, 3.8) is 0 Å². The largest absolute Gasteiger partial charge is 0.374 e. The van der Waals surface area contributed by atoms with Gasteiger partial charge in [0.2, 0.25) is 0 Å². The first-order chi connectivity index (χ1) is 9.46. The maximum atomic E-state index is 13.5. The molecule has 3 heterocycles. The quantitative estimate of drug-likeness (QED) is 0.787. The monoisotopic (exact) mass is 301 g/mol. The Morgan fingerprint density at radius 3 is 2.75 bits per heavy atom. The number of alkyl halides is 2. The van der Waals surface area contributed by atoms with E-state index in [9.17, 15) is 8.78 Å². The summed E-state index contributed by atoms with van der Waals surface area (Å²) in [6, 6.07) is 1.92. The van der Waals surface area contributed by atoms with Gasteiger partial charge in [-0.1, -0.05) is 18.5 Å². The lowest BCUT2D eigenvalue weighted by molar-refractivity contribution is 0.0951. The molecule has 1 aromatic rings. The molecule has 4 nitrogen and oxygen atoms in total. The molecule has 2 unspecified atom stereocenters. The zero-order valence-electron chi connectivity index (χ0n) is 10.9. The van der Waals surface area contributed by atoms with Crippen LogP contribution in [0.3, 0.4) is 0 Å². The van der Waals surface area contributed by atoms with E-state index in [0.717, 1.165) is 13.0 Å². The van der Waals surface area contributed by atoms with Crippen LogP contribution >= 0.6 is 11.6 Å². The lowest BCUT2D eigenvalue weighted by Crippen LogP contribution is -2.37. The minimum absolute atomic E-state index is 0.161.